The smallest absolute Gasteiger partial charge is 0.336 e. The molecule has 9 heteroatoms. The second-order valence-corrected chi connectivity index (χ2v) is 6.30. The number of hydrogen-bond acceptors (Lipinski definition) is 6. The van der Waals surface area contributed by atoms with E-state index in [1.807, 2.05) is 0 Å². The number of hydrogen-bond donors (Lipinski definition) is 2. The van der Waals surface area contributed by atoms with Gasteiger partial charge >= 0.3 is 11.5 Å². The standard InChI is InChI=1S/C20H14FN3O5/c1-10-6-18(26)29-16-8-12(3-5-13(10)16)28-9-17(25)23-24-19-14-4-2-11(21)7-15(14)22-20(19)27/h2-8,22,27H,9H2,1H3. The number of carbonyl (C=O) groups is 1. The zero-order chi connectivity index (χ0) is 20.5. The van der Waals surface area contributed by atoms with Crippen LogP contribution >= 0.6 is 0 Å². The molecule has 0 saturated carbocycles. The van der Waals surface area contributed by atoms with Crippen LogP contribution in [0.3, 0.4) is 0 Å². The number of rotatable bonds is 4. The third-order valence-corrected chi connectivity index (χ3v) is 4.26. The van der Waals surface area contributed by atoms with Gasteiger partial charge in [0.05, 0.1) is 5.52 Å². The molecule has 0 saturated heterocycles. The second kappa shape index (κ2) is 7.19. The highest BCUT2D eigenvalue weighted by Gasteiger charge is 2.12. The molecule has 0 unspecified atom stereocenters. The number of carbonyl (C=O) groups excluding carboxylic acids is 1. The minimum Gasteiger partial charge on any atom is -0.493 e. The van der Waals surface area contributed by atoms with Gasteiger partial charge in [0, 0.05) is 22.9 Å². The normalized spacial score (nSPS) is 11.5. The van der Waals surface area contributed by atoms with Gasteiger partial charge in [-0.1, -0.05) is 0 Å². The van der Waals surface area contributed by atoms with Gasteiger partial charge in [-0.05, 0) is 42.8 Å². The number of aromatic hydroxyl groups is 1. The minimum atomic E-state index is -0.702. The zero-order valence-corrected chi connectivity index (χ0v) is 15.1. The number of nitrogens with one attached hydrogen (secondary N) is 1. The number of azo groups is 1. The maximum atomic E-state index is 13.2. The number of aromatic amines is 1. The van der Waals surface area contributed by atoms with Gasteiger partial charge in [-0.25, -0.2) is 9.18 Å². The van der Waals surface area contributed by atoms with E-state index >= 15 is 0 Å². The molecule has 0 aliphatic heterocycles. The summed E-state index contributed by atoms with van der Waals surface area (Å²) in [6.07, 6.45) is 0. The van der Waals surface area contributed by atoms with Crippen LogP contribution < -0.4 is 10.4 Å². The van der Waals surface area contributed by atoms with Gasteiger partial charge in [0.1, 0.15) is 17.1 Å². The summed E-state index contributed by atoms with van der Waals surface area (Å²) in [6.45, 7) is 1.38. The van der Waals surface area contributed by atoms with Crippen molar-refractivity contribution >= 4 is 33.5 Å². The third kappa shape index (κ3) is 3.70. The summed E-state index contributed by atoms with van der Waals surface area (Å²) in [4.78, 5) is 26.0. The Bertz CT molecular complexity index is 1340. The summed E-state index contributed by atoms with van der Waals surface area (Å²) in [5.74, 6) is -1.19. The van der Waals surface area contributed by atoms with E-state index < -0.39 is 24.0 Å². The molecule has 2 heterocycles. The summed E-state index contributed by atoms with van der Waals surface area (Å²) in [6, 6.07) is 10.1. The molecular weight excluding hydrogens is 381 g/mol. The van der Waals surface area contributed by atoms with Crippen molar-refractivity contribution in [2.24, 2.45) is 10.2 Å². The van der Waals surface area contributed by atoms with Crippen LogP contribution in [0.4, 0.5) is 10.1 Å². The number of benzene rings is 2. The van der Waals surface area contributed by atoms with Crippen LogP contribution in [0.15, 0.2) is 61.9 Å². The highest BCUT2D eigenvalue weighted by molar-refractivity contribution is 5.94. The lowest BCUT2D eigenvalue weighted by Gasteiger charge is -2.05. The average molecular weight is 395 g/mol. The van der Waals surface area contributed by atoms with Crippen molar-refractivity contribution in [2.45, 2.75) is 6.92 Å². The van der Waals surface area contributed by atoms with Crippen LogP contribution in [-0.2, 0) is 4.79 Å². The number of ether oxygens (including phenoxy) is 1. The van der Waals surface area contributed by atoms with E-state index in [-0.39, 0.29) is 11.6 Å². The molecule has 0 aliphatic rings. The number of nitrogens with zero attached hydrogens (tertiary/aromatic N) is 2. The lowest BCUT2D eigenvalue weighted by atomic mass is 10.1. The molecule has 0 bridgehead atoms. The average Bonchev–Trinajstić information content (AvgIpc) is 2.98. The van der Waals surface area contributed by atoms with Gasteiger partial charge in [-0.15, -0.1) is 10.2 Å². The number of halogens is 1. The van der Waals surface area contributed by atoms with Crippen molar-refractivity contribution in [3.8, 4) is 11.6 Å². The topological polar surface area (TPSA) is 117 Å². The molecule has 2 aromatic carbocycles. The Hall–Kier alpha value is -4.01. The fraction of sp³-hybridized carbons (Fsp3) is 0.100. The van der Waals surface area contributed by atoms with Crippen molar-refractivity contribution in [1.82, 2.24) is 4.98 Å². The first-order valence-corrected chi connectivity index (χ1v) is 8.53. The molecule has 4 aromatic rings. The molecule has 2 aromatic heterocycles. The van der Waals surface area contributed by atoms with E-state index in [0.717, 1.165) is 10.9 Å². The first-order valence-electron chi connectivity index (χ1n) is 8.53. The molecule has 1 amide bonds. The number of fused-ring (bicyclic) bond motifs is 2. The van der Waals surface area contributed by atoms with E-state index in [4.69, 9.17) is 9.15 Å². The Kier molecular flexibility index (Phi) is 4.55. The second-order valence-electron chi connectivity index (χ2n) is 6.30. The molecule has 0 aliphatic carbocycles. The van der Waals surface area contributed by atoms with Gasteiger partial charge in [-0.3, -0.25) is 4.79 Å². The summed E-state index contributed by atoms with van der Waals surface area (Å²) in [5.41, 5.74) is 0.989. The molecule has 8 nitrogen and oxygen atoms in total. The van der Waals surface area contributed by atoms with Crippen LogP contribution in [0.2, 0.25) is 0 Å². The first-order chi connectivity index (χ1) is 13.9. The van der Waals surface area contributed by atoms with Crippen LogP contribution in [0, 0.1) is 12.7 Å². The molecule has 29 heavy (non-hydrogen) atoms. The highest BCUT2D eigenvalue weighted by Crippen LogP contribution is 2.35. The number of aromatic nitrogens is 1. The molecule has 0 radical (unpaired) electrons. The molecule has 4 rings (SSSR count). The van der Waals surface area contributed by atoms with Gasteiger partial charge in [0.25, 0.3) is 0 Å². The fourth-order valence-corrected chi connectivity index (χ4v) is 2.92. The molecule has 2 N–H and O–H groups in total. The number of amides is 1. The van der Waals surface area contributed by atoms with Crippen molar-refractivity contribution in [2.75, 3.05) is 6.61 Å². The summed E-state index contributed by atoms with van der Waals surface area (Å²) >= 11 is 0. The molecular formula is C20H14FN3O5. The Labute approximate surface area is 162 Å². The quantitative estimate of drug-likeness (QED) is 0.398. The largest absolute Gasteiger partial charge is 0.493 e. The van der Waals surface area contributed by atoms with Gasteiger partial charge in [0.15, 0.2) is 12.3 Å². The van der Waals surface area contributed by atoms with E-state index in [1.165, 1.54) is 30.3 Å². The lowest BCUT2D eigenvalue weighted by Crippen LogP contribution is -2.08. The summed E-state index contributed by atoms with van der Waals surface area (Å²) < 4.78 is 23.7. The van der Waals surface area contributed by atoms with Crippen molar-refractivity contribution < 1.29 is 23.4 Å². The van der Waals surface area contributed by atoms with Crippen LogP contribution in [0.25, 0.3) is 21.9 Å². The van der Waals surface area contributed by atoms with Crippen molar-refractivity contribution in [3.05, 3.63) is 64.3 Å². The monoisotopic (exact) mass is 395 g/mol. The van der Waals surface area contributed by atoms with E-state index in [9.17, 15) is 19.1 Å². The van der Waals surface area contributed by atoms with E-state index in [2.05, 4.69) is 15.2 Å². The Morgan fingerprint density at radius 1 is 1.21 bits per heavy atom. The fourth-order valence-electron chi connectivity index (χ4n) is 2.92. The van der Waals surface area contributed by atoms with Crippen molar-refractivity contribution in [1.29, 1.82) is 0 Å². The zero-order valence-electron chi connectivity index (χ0n) is 15.1. The highest BCUT2D eigenvalue weighted by atomic mass is 19.1. The van der Waals surface area contributed by atoms with Gasteiger partial charge in [-0.2, -0.15) is 0 Å². The summed E-state index contributed by atoms with van der Waals surface area (Å²) in [7, 11) is 0. The number of H-pyrrole nitrogens is 1. The van der Waals surface area contributed by atoms with Crippen molar-refractivity contribution in [3.63, 3.8) is 0 Å². The van der Waals surface area contributed by atoms with E-state index in [0.29, 0.717) is 22.2 Å². The minimum absolute atomic E-state index is 0.0244. The predicted octanol–water partition coefficient (Wildman–Crippen LogP) is 4.12. The van der Waals surface area contributed by atoms with Crippen LogP contribution in [0.1, 0.15) is 5.56 Å². The van der Waals surface area contributed by atoms with E-state index in [1.54, 1.807) is 19.1 Å². The molecule has 146 valence electrons. The molecule has 0 fully saturated rings. The molecule has 0 spiro atoms. The van der Waals surface area contributed by atoms with Crippen LogP contribution in [-0.4, -0.2) is 22.6 Å². The first kappa shape index (κ1) is 18.4. The maximum Gasteiger partial charge on any atom is 0.336 e. The Balaban J connectivity index is 1.49. The maximum absolute atomic E-state index is 13.2. The third-order valence-electron chi connectivity index (χ3n) is 4.26. The Morgan fingerprint density at radius 3 is 2.83 bits per heavy atom. The Morgan fingerprint density at radius 2 is 2.00 bits per heavy atom. The van der Waals surface area contributed by atoms with Gasteiger partial charge < -0.3 is 19.2 Å². The SMILES string of the molecule is Cc1cc(=O)oc2cc(OCC(=O)N=Nc3c(O)[nH]c4cc(F)ccc34)ccc12. The number of aryl methyl sites for hydroxylation is 1. The van der Waals surface area contributed by atoms with Crippen LogP contribution in [0.5, 0.6) is 11.6 Å². The lowest BCUT2D eigenvalue weighted by molar-refractivity contribution is -0.120. The predicted molar refractivity (Wildman–Crippen MR) is 102 cm³/mol. The van der Waals surface area contributed by atoms with Gasteiger partial charge in [0.2, 0.25) is 5.88 Å². The summed E-state index contributed by atoms with van der Waals surface area (Å²) in [5, 5.41) is 18.3. The molecule has 0 atom stereocenters.